The van der Waals surface area contributed by atoms with E-state index in [4.69, 9.17) is 24.8 Å². The van der Waals surface area contributed by atoms with Crippen LogP contribution in [0.2, 0.25) is 0 Å². The van der Waals surface area contributed by atoms with E-state index in [0.717, 1.165) is 61.0 Å². The van der Waals surface area contributed by atoms with Gasteiger partial charge in [-0.05, 0) is 44.0 Å². The lowest BCUT2D eigenvalue weighted by Crippen LogP contribution is -2.30. The molecule has 2 aliphatic rings. The molecule has 3 heterocycles. The Bertz CT molecular complexity index is 1220. The number of nitrogens with zero attached hydrogens (tertiary/aromatic N) is 5. The van der Waals surface area contributed by atoms with Crippen LogP contribution in [0.15, 0.2) is 51.7 Å². The Labute approximate surface area is 204 Å². The smallest absolute Gasteiger partial charge is 0.228 e. The fraction of sp³-hybridized carbons (Fsp3) is 0.462. The second-order valence-corrected chi connectivity index (χ2v) is 11.2. The Morgan fingerprint density at radius 2 is 2.03 bits per heavy atom. The summed E-state index contributed by atoms with van der Waals surface area (Å²) in [7, 11) is 1.55. The van der Waals surface area contributed by atoms with Gasteiger partial charge in [0.05, 0.1) is 18.2 Å². The van der Waals surface area contributed by atoms with Crippen molar-refractivity contribution in [1.29, 1.82) is 0 Å². The molecule has 2 aliphatic heterocycles. The first-order valence-corrected chi connectivity index (χ1v) is 13.4. The quantitative estimate of drug-likeness (QED) is 0.603. The average molecular weight is 479 g/mol. The van der Waals surface area contributed by atoms with Gasteiger partial charge in [0.1, 0.15) is 5.82 Å². The predicted octanol–water partition coefficient (Wildman–Crippen LogP) is 3.69. The molecule has 1 saturated heterocycles. The van der Waals surface area contributed by atoms with E-state index in [2.05, 4.69) is 66.1 Å². The molecule has 2 N–H and O–H groups in total. The summed E-state index contributed by atoms with van der Waals surface area (Å²) in [6.45, 7) is 8.30. The number of anilines is 2. The maximum atomic E-state index is 6.25. The fourth-order valence-electron chi connectivity index (χ4n) is 4.80. The molecule has 34 heavy (non-hydrogen) atoms. The molecular weight excluding hydrogens is 444 g/mol. The third-order valence-corrected chi connectivity index (χ3v) is 8.57. The van der Waals surface area contributed by atoms with Gasteiger partial charge in [-0.3, -0.25) is 4.36 Å². The first-order chi connectivity index (χ1) is 16.5. The Morgan fingerprint density at radius 3 is 2.82 bits per heavy atom. The van der Waals surface area contributed by atoms with Crippen LogP contribution in [0.25, 0.3) is 10.9 Å². The minimum atomic E-state index is -0.184. The number of methoxy groups -OCH3 is 1. The van der Waals surface area contributed by atoms with Crippen LogP contribution in [0.4, 0.5) is 11.8 Å². The van der Waals surface area contributed by atoms with Crippen molar-refractivity contribution in [2.24, 2.45) is 10.1 Å². The summed E-state index contributed by atoms with van der Waals surface area (Å²) in [5.41, 5.74) is 9.76. The van der Waals surface area contributed by atoms with E-state index in [9.17, 15) is 0 Å². The van der Waals surface area contributed by atoms with Gasteiger partial charge in [0.15, 0.2) is 0 Å². The summed E-state index contributed by atoms with van der Waals surface area (Å²) < 4.78 is 10.5. The predicted molar refractivity (Wildman–Crippen MR) is 141 cm³/mol. The number of hydrogen-bond acceptors (Lipinski definition) is 7. The molecule has 0 amide bonds. The number of ether oxygens (including phenoxy) is 1. The molecule has 0 saturated carbocycles. The molecule has 0 radical (unpaired) electrons. The van der Waals surface area contributed by atoms with Crippen LogP contribution in [-0.4, -0.2) is 61.2 Å². The van der Waals surface area contributed by atoms with Gasteiger partial charge in [0.2, 0.25) is 5.95 Å². The van der Waals surface area contributed by atoms with Gasteiger partial charge in [-0.15, -0.1) is 0 Å². The number of benzene rings is 2. The molecule has 2 unspecified atom stereocenters. The van der Waals surface area contributed by atoms with E-state index in [-0.39, 0.29) is 22.8 Å². The molecule has 2 aromatic carbocycles. The highest BCUT2D eigenvalue weighted by atomic mass is 32.2. The van der Waals surface area contributed by atoms with E-state index in [1.54, 1.807) is 7.11 Å². The normalized spacial score (nSPS) is 21.6. The average Bonchev–Trinajstić information content (AvgIpc) is 3.18. The molecule has 1 aromatic heterocycles. The fourth-order valence-corrected chi connectivity index (χ4v) is 6.80. The van der Waals surface area contributed by atoms with Gasteiger partial charge in [0, 0.05) is 55.4 Å². The summed E-state index contributed by atoms with van der Waals surface area (Å²) in [6.07, 6.45) is 0.994. The lowest BCUT2D eigenvalue weighted by atomic mass is 10.1. The lowest BCUT2D eigenvalue weighted by molar-refractivity contribution is 0.186. The molecule has 0 aliphatic carbocycles. The third-order valence-electron chi connectivity index (χ3n) is 6.48. The zero-order valence-electron chi connectivity index (χ0n) is 20.3. The van der Waals surface area contributed by atoms with Gasteiger partial charge >= 0.3 is 0 Å². The molecule has 0 bridgehead atoms. The number of fused-ring (bicyclic) bond motifs is 2. The van der Waals surface area contributed by atoms with Gasteiger partial charge in [-0.2, -0.15) is 4.98 Å². The van der Waals surface area contributed by atoms with Crippen LogP contribution in [0, 0.1) is 6.92 Å². The second-order valence-electron chi connectivity index (χ2n) is 9.37. The highest BCUT2D eigenvalue weighted by Crippen LogP contribution is 2.31. The highest BCUT2D eigenvalue weighted by molar-refractivity contribution is 7.87. The molecular formula is C26H34N6OS. The van der Waals surface area contributed by atoms with Gasteiger partial charge in [-0.1, -0.05) is 40.5 Å². The monoisotopic (exact) mass is 478 g/mol. The zero-order chi connectivity index (χ0) is 23.7. The van der Waals surface area contributed by atoms with Crippen LogP contribution in [0.3, 0.4) is 0 Å². The van der Waals surface area contributed by atoms with Crippen molar-refractivity contribution in [3.63, 3.8) is 0 Å². The summed E-state index contributed by atoms with van der Waals surface area (Å²) in [5, 5.41) is 1.11. The van der Waals surface area contributed by atoms with Crippen molar-refractivity contribution < 1.29 is 4.74 Å². The molecule has 5 rings (SSSR count). The van der Waals surface area contributed by atoms with Crippen molar-refractivity contribution in [3.05, 3.63) is 53.6 Å². The molecule has 8 heteroatoms. The number of hydrogen-bond donors (Lipinski definition) is 1. The van der Waals surface area contributed by atoms with Crippen LogP contribution in [0.1, 0.15) is 24.5 Å². The molecule has 7 nitrogen and oxygen atoms in total. The Morgan fingerprint density at radius 1 is 1.18 bits per heavy atom. The summed E-state index contributed by atoms with van der Waals surface area (Å²) >= 11 is 0. The maximum Gasteiger partial charge on any atom is 0.228 e. The van der Waals surface area contributed by atoms with Crippen molar-refractivity contribution in [2.45, 2.75) is 43.8 Å². The third kappa shape index (κ3) is 4.80. The van der Waals surface area contributed by atoms with Gasteiger partial charge < -0.3 is 20.3 Å². The van der Waals surface area contributed by atoms with Crippen molar-refractivity contribution >= 4 is 33.4 Å². The van der Waals surface area contributed by atoms with E-state index in [1.807, 2.05) is 0 Å². The van der Waals surface area contributed by atoms with Crippen LogP contribution >= 0.6 is 0 Å². The van der Waals surface area contributed by atoms with Crippen LogP contribution in [-0.2, 0) is 22.0 Å². The lowest BCUT2D eigenvalue weighted by Gasteiger charge is -2.25. The van der Waals surface area contributed by atoms with Gasteiger partial charge in [0.25, 0.3) is 0 Å². The standard InChI is InChI=1S/C26H34N6OS/c1-18-8-9-23-22(14-18)25(31-11-10-21(27)16-31)29-26(28-23)32-12-13-34(30-19(2)17-33-3)24-7-5-4-6-20(24)15-32/h4-9,14,19,21H,10-13,15-17,27H2,1-3H3/t19?,21-,34?/m0/s1. The molecule has 3 atom stereocenters. The first-order valence-electron chi connectivity index (χ1n) is 12.0. The first kappa shape index (κ1) is 23.2. The minimum Gasteiger partial charge on any atom is -0.382 e. The Kier molecular flexibility index (Phi) is 6.81. The van der Waals surface area contributed by atoms with Crippen molar-refractivity contribution in [3.8, 4) is 0 Å². The number of nitrogens with two attached hydrogens (primary N) is 1. The summed E-state index contributed by atoms with van der Waals surface area (Å²) in [5.74, 6) is 2.74. The van der Waals surface area contributed by atoms with Crippen LogP contribution in [0.5, 0.6) is 0 Å². The van der Waals surface area contributed by atoms with Crippen molar-refractivity contribution in [1.82, 2.24) is 9.97 Å². The minimum absolute atomic E-state index is 0.166. The van der Waals surface area contributed by atoms with Crippen molar-refractivity contribution in [2.75, 3.05) is 48.9 Å². The number of rotatable bonds is 5. The zero-order valence-corrected chi connectivity index (χ0v) is 21.1. The molecule has 180 valence electrons. The van der Waals surface area contributed by atoms with E-state index < -0.39 is 0 Å². The molecule has 1 fully saturated rings. The number of aryl methyl sites for hydroxylation is 1. The molecule has 0 spiro atoms. The summed E-state index contributed by atoms with van der Waals surface area (Å²) in [6, 6.07) is 15.5. The largest absolute Gasteiger partial charge is 0.382 e. The van der Waals surface area contributed by atoms with E-state index >= 15 is 0 Å². The maximum absolute atomic E-state index is 6.25. The van der Waals surface area contributed by atoms with Crippen LogP contribution < -0.4 is 15.5 Å². The second kappa shape index (κ2) is 9.98. The van der Waals surface area contributed by atoms with Gasteiger partial charge in [-0.25, -0.2) is 4.98 Å². The number of aromatic nitrogens is 2. The highest BCUT2D eigenvalue weighted by Gasteiger charge is 2.26. The Balaban J connectivity index is 1.55. The van der Waals surface area contributed by atoms with E-state index in [1.165, 1.54) is 16.0 Å². The topological polar surface area (TPSA) is 79.9 Å². The SMILES string of the molecule is COCC(C)N=S1CCN(c2nc(N3CC[C@H](N)C3)c3cc(C)ccc3n2)Cc2ccccc21. The van der Waals surface area contributed by atoms with E-state index in [0.29, 0.717) is 6.61 Å². The molecule has 3 aromatic rings. The Hall–Kier alpha value is -2.55. The summed E-state index contributed by atoms with van der Waals surface area (Å²) in [4.78, 5) is 16.2.